The topological polar surface area (TPSA) is 149 Å². The Morgan fingerprint density at radius 1 is 0.640 bits per heavy atom. The Bertz CT molecular complexity index is 1660. The largest absolute Gasteiger partial charge is 0.489 e. The van der Waals surface area contributed by atoms with E-state index < -0.39 is 36.1 Å². The van der Waals surface area contributed by atoms with E-state index in [0.29, 0.717) is 11.5 Å². The molecule has 4 rings (SSSR count). The zero-order valence-electron chi connectivity index (χ0n) is 28.0. The number of carbonyl (C=O) groups excluding carboxylic acids is 4. The first kappa shape index (κ1) is 37.5. The standard InChI is InChI=1S/C36H36N2O10S2/c1-7-29(39)47-27(19-45-35(41)33-37-9-11-49-33)17-43-31-21(3)13-25(14-22(31)4)26-15-23(5)32(24(6)16-26)44-18-28(48-30(40)8-2)20-46-36(42)34-38-10-12-50-34/h7-16,27-28H,1-2,17-20H2,3-6H3. The van der Waals surface area contributed by atoms with Crippen LogP contribution < -0.4 is 9.47 Å². The van der Waals surface area contributed by atoms with Gasteiger partial charge in [0.1, 0.15) is 37.9 Å². The Kier molecular flexibility index (Phi) is 13.4. The maximum atomic E-state index is 12.3. The fourth-order valence-electron chi connectivity index (χ4n) is 4.81. The predicted molar refractivity (Wildman–Crippen MR) is 187 cm³/mol. The van der Waals surface area contributed by atoms with Crippen molar-refractivity contribution >= 4 is 46.6 Å². The van der Waals surface area contributed by atoms with Crippen LogP contribution in [-0.2, 0) is 28.5 Å². The first-order chi connectivity index (χ1) is 24.0. The van der Waals surface area contributed by atoms with Gasteiger partial charge in [-0.25, -0.2) is 29.1 Å². The minimum atomic E-state index is -0.884. The van der Waals surface area contributed by atoms with Gasteiger partial charge in [0.05, 0.1) is 0 Å². The van der Waals surface area contributed by atoms with Gasteiger partial charge < -0.3 is 28.4 Å². The summed E-state index contributed by atoms with van der Waals surface area (Å²) >= 11 is 2.28. The maximum absolute atomic E-state index is 12.3. The average Bonchev–Trinajstić information content (AvgIpc) is 3.84. The minimum Gasteiger partial charge on any atom is -0.489 e. The van der Waals surface area contributed by atoms with Crippen LogP contribution in [0.5, 0.6) is 11.5 Å². The minimum absolute atomic E-state index is 0.0662. The molecule has 4 aromatic rings. The number of aromatic nitrogens is 2. The number of nitrogens with zero attached hydrogens (tertiary/aromatic N) is 2. The molecule has 2 atom stereocenters. The summed E-state index contributed by atoms with van der Waals surface area (Å²) in [7, 11) is 0. The highest BCUT2D eigenvalue weighted by atomic mass is 32.1. The van der Waals surface area contributed by atoms with E-state index >= 15 is 0 Å². The highest BCUT2D eigenvalue weighted by molar-refractivity contribution is 7.11. The molecule has 50 heavy (non-hydrogen) atoms. The summed E-state index contributed by atoms with van der Waals surface area (Å²) < 4.78 is 33.5. The Labute approximate surface area is 297 Å². The SMILES string of the molecule is C=CC(=O)OC(COC(=O)c1nccs1)COc1c(C)cc(-c2cc(C)c(OCC(COC(=O)c3nccs3)OC(=O)C=C)c(C)c2)cc1C. The second-order valence-corrected chi connectivity index (χ2v) is 12.7. The van der Waals surface area contributed by atoms with Crippen molar-refractivity contribution in [2.75, 3.05) is 26.4 Å². The van der Waals surface area contributed by atoms with Gasteiger partial charge in [-0.1, -0.05) is 13.2 Å². The van der Waals surface area contributed by atoms with E-state index in [4.69, 9.17) is 28.4 Å². The van der Waals surface area contributed by atoms with Crippen LogP contribution in [0.1, 0.15) is 41.9 Å². The molecule has 2 aromatic heterocycles. The number of hydrogen-bond acceptors (Lipinski definition) is 14. The first-order valence-corrected chi connectivity index (χ1v) is 17.0. The number of esters is 4. The lowest BCUT2D eigenvalue weighted by atomic mass is 9.96. The average molecular weight is 721 g/mol. The molecule has 0 fully saturated rings. The summed E-state index contributed by atoms with van der Waals surface area (Å²) in [5, 5.41) is 3.70. The molecule has 2 heterocycles. The molecule has 0 amide bonds. The third kappa shape index (κ3) is 10.3. The van der Waals surface area contributed by atoms with Crippen molar-refractivity contribution in [3.63, 3.8) is 0 Å². The van der Waals surface area contributed by atoms with E-state index in [1.165, 1.54) is 12.4 Å². The van der Waals surface area contributed by atoms with Gasteiger partial charge in [0, 0.05) is 35.3 Å². The number of rotatable bonds is 17. The fourth-order valence-corrected chi connectivity index (χ4v) is 5.86. The van der Waals surface area contributed by atoms with Gasteiger partial charge in [0.25, 0.3) is 0 Å². The number of aryl methyl sites for hydroxylation is 4. The lowest BCUT2D eigenvalue weighted by Gasteiger charge is -2.21. The molecule has 262 valence electrons. The molecule has 2 unspecified atom stereocenters. The molecule has 0 saturated carbocycles. The first-order valence-electron chi connectivity index (χ1n) is 15.3. The Morgan fingerprint density at radius 3 is 1.30 bits per heavy atom. The Balaban J connectivity index is 1.43. The third-order valence-corrected chi connectivity index (χ3v) is 8.50. The van der Waals surface area contributed by atoms with Crippen molar-refractivity contribution in [1.82, 2.24) is 9.97 Å². The van der Waals surface area contributed by atoms with Gasteiger partial charge in [-0.05, 0) is 85.3 Å². The molecule has 14 heteroatoms. The van der Waals surface area contributed by atoms with Crippen molar-refractivity contribution in [3.05, 3.63) is 105 Å². The smallest absolute Gasteiger partial charge is 0.367 e. The number of hydrogen-bond donors (Lipinski definition) is 0. The summed E-state index contributed by atoms with van der Waals surface area (Å²) in [5.41, 5.74) is 5.21. The van der Waals surface area contributed by atoms with Gasteiger partial charge in [-0.3, -0.25) is 0 Å². The predicted octanol–water partition coefficient (Wildman–Crippen LogP) is 6.17. The lowest BCUT2D eigenvalue weighted by Crippen LogP contribution is -2.30. The second kappa shape index (κ2) is 17.9. The van der Waals surface area contributed by atoms with Crippen LogP contribution in [0.3, 0.4) is 0 Å². The monoisotopic (exact) mass is 720 g/mol. The van der Waals surface area contributed by atoms with Crippen LogP contribution in [0.25, 0.3) is 11.1 Å². The number of benzene rings is 2. The van der Waals surface area contributed by atoms with E-state index in [2.05, 4.69) is 23.1 Å². The van der Waals surface area contributed by atoms with Crippen molar-refractivity contribution in [3.8, 4) is 22.6 Å². The van der Waals surface area contributed by atoms with Crippen LogP contribution >= 0.6 is 22.7 Å². The van der Waals surface area contributed by atoms with Crippen molar-refractivity contribution < 1.29 is 47.6 Å². The van der Waals surface area contributed by atoms with Crippen molar-refractivity contribution in [2.45, 2.75) is 39.9 Å². The van der Waals surface area contributed by atoms with E-state index in [9.17, 15) is 19.2 Å². The lowest BCUT2D eigenvalue weighted by molar-refractivity contribution is -0.147. The van der Waals surface area contributed by atoms with Gasteiger partial charge in [-0.2, -0.15) is 0 Å². The number of carbonyl (C=O) groups is 4. The van der Waals surface area contributed by atoms with E-state index in [1.807, 2.05) is 52.0 Å². The summed E-state index contributed by atoms with van der Waals surface area (Å²) in [6.45, 7) is 13.9. The molecule has 0 saturated heterocycles. The summed E-state index contributed by atoms with van der Waals surface area (Å²) in [4.78, 5) is 56.3. The fraction of sp³-hybridized carbons (Fsp3) is 0.278. The number of thiazole rings is 2. The van der Waals surface area contributed by atoms with E-state index in [1.54, 1.807) is 10.8 Å². The van der Waals surface area contributed by atoms with Crippen molar-refractivity contribution in [1.29, 1.82) is 0 Å². The van der Waals surface area contributed by atoms with Crippen LogP contribution in [0.2, 0.25) is 0 Å². The highest BCUT2D eigenvalue weighted by Gasteiger charge is 2.22. The van der Waals surface area contributed by atoms with Gasteiger partial charge in [0.15, 0.2) is 12.2 Å². The third-order valence-electron chi connectivity index (χ3n) is 6.99. The van der Waals surface area contributed by atoms with E-state index in [-0.39, 0.29) is 36.4 Å². The zero-order valence-corrected chi connectivity index (χ0v) is 29.6. The molecule has 2 aromatic carbocycles. The summed E-state index contributed by atoms with van der Waals surface area (Å²) in [6.07, 6.45) is 3.28. The van der Waals surface area contributed by atoms with Gasteiger partial charge in [-0.15, -0.1) is 22.7 Å². The molecular weight excluding hydrogens is 685 g/mol. The van der Waals surface area contributed by atoms with Gasteiger partial charge in [0.2, 0.25) is 10.0 Å². The Hall–Kier alpha value is -5.34. The zero-order chi connectivity index (χ0) is 36.2. The van der Waals surface area contributed by atoms with E-state index in [0.717, 1.165) is 68.2 Å². The van der Waals surface area contributed by atoms with Crippen LogP contribution in [0.4, 0.5) is 0 Å². The van der Waals surface area contributed by atoms with Crippen molar-refractivity contribution in [2.24, 2.45) is 0 Å². The molecule has 0 aliphatic rings. The Morgan fingerprint density at radius 2 is 1.00 bits per heavy atom. The molecule has 0 aliphatic carbocycles. The van der Waals surface area contributed by atoms with Gasteiger partial charge >= 0.3 is 23.9 Å². The molecule has 0 spiro atoms. The molecule has 12 nitrogen and oxygen atoms in total. The highest BCUT2D eigenvalue weighted by Crippen LogP contribution is 2.34. The maximum Gasteiger partial charge on any atom is 0.367 e. The van der Waals surface area contributed by atoms with Crippen LogP contribution in [-0.4, -0.2) is 72.5 Å². The molecule has 0 N–H and O–H groups in total. The second-order valence-electron chi connectivity index (χ2n) is 10.9. The van der Waals surface area contributed by atoms with Crippen LogP contribution in [0.15, 0.2) is 72.7 Å². The normalized spacial score (nSPS) is 11.8. The number of ether oxygens (including phenoxy) is 6. The quantitative estimate of drug-likeness (QED) is 0.0698. The molecule has 0 aliphatic heterocycles. The molecule has 0 bridgehead atoms. The summed E-state index contributed by atoms with van der Waals surface area (Å²) in [6, 6.07) is 7.91. The molecular formula is C36H36N2O10S2. The van der Waals surface area contributed by atoms with Crippen LogP contribution in [0, 0.1) is 27.7 Å². The molecule has 0 radical (unpaired) electrons. The summed E-state index contributed by atoms with van der Waals surface area (Å²) in [5.74, 6) is -1.39.